The van der Waals surface area contributed by atoms with E-state index in [9.17, 15) is 0 Å². The van der Waals surface area contributed by atoms with Crippen LogP contribution >= 0.6 is 0 Å². The molecule has 0 aliphatic rings. The first-order valence-corrected chi connectivity index (χ1v) is 10.2. The molecule has 1 atom stereocenters. The van der Waals surface area contributed by atoms with Crippen molar-refractivity contribution in [2.24, 2.45) is 0 Å². The molecule has 0 saturated heterocycles. The predicted molar refractivity (Wildman–Crippen MR) is 118 cm³/mol. The summed E-state index contributed by atoms with van der Waals surface area (Å²) in [5.41, 5.74) is 3.82. The van der Waals surface area contributed by atoms with Gasteiger partial charge in [0.05, 0.1) is 6.10 Å². The minimum atomic E-state index is 0.278. The Kier molecular flexibility index (Phi) is 8.93. The molecule has 1 N–H and O–H groups in total. The largest absolute Gasteiger partial charge is 0.385 e. The van der Waals surface area contributed by atoms with E-state index in [1.165, 1.54) is 22.2 Å². The third-order valence-electron chi connectivity index (χ3n) is 4.51. The third kappa shape index (κ3) is 6.44. The topological polar surface area (TPSA) is 26.2 Å². The van der Waals surface area contributed by atoms with E-state index in [4.69, 9.17) is 4.74 Å². The average molecular weight is 367 g/mol. The van der Waals surface area contributed by atoms with Crippen LogP contribution in [0.4, 0.5) is 5.69 Å². The number of aryl methyl sites for hydroxylation is 1. The van der Waals surface area contributed by atoms with Gasteiger partial charge in [-0.15, -0.1) is 0 Å². The lowest BCUT2D eigenvalue weighted by Gasteiger charge is -2.12. The number of para-hydroxylation sites is 1. The van der Waals surface area contributed by atoms with Crippen molar-refractivity contribution < 1.29 is 4.74 Å². The molecule has 27 heavy (non-hydrogen) atoms. The number of benzene rings is 2. The van der Waals surface area contributed by atoms with Gasteiger partial charge in [-0.05, 0) is 61.9 Å². The van der Waals surface area contributed by atoms with Crippen LogP contribution in [0.1, 0.15) is 39.7 Å². The lowest BCUT2D eigenvalue weighted by molar-refractivity contribution is 0.0768. The maximum atomic E-state index is 5.60. The quantitative estimate of drug-likeness (QED) is 0.461. The Balaban J connectivity index is 0.00000126. The minimum Gasteiger partial charge on any atom is -0.385 e. The molecule has 0 saturated carbocycles. The number of hydrogen-bond acceptors (Lipinski definition) is 2. The SMILES string of the molecule is CC.CCOC(C)Cc1ccc(NCCCn2ccc3ccccc32)cc1. The highest BCUT2D eigenvalue weighted by Crippen LogP contribution is 2.16. The van der Waals surface area contributed by atoms with E-state index < -0.39 is 0 Å². The van der Waals surface area contributed by atoms with Crippen molar-refractivity contribution in [3.05, 3.63) is 66.4 Å². The van der Waals surface area contributed by atoms with Crippen LogP contribution in [0.5, 0.6) is 0 Å². The Labute approximate surface area is 164 Å². The molecule has 3 aromatic rings. The lowest BCUT2D eigenvalue weighted by Crippen LogP contribution is -2.11. The van der Waals surface area contributed by atoms with E-state index in [-0.39, 0.29) is 6.10 Å². The first-order chi connectivity index (χ1) is 13.3. The number of aromatic nitrogens is 1. The molecule has 146 valence electrons. The van der Waals surface area contributed by atoms with Gasteiger partial charge in [0.1, 0.15) is 0 Å². The lowest BCUT2D eigenvalue weighted by atomic mass is 10.1. The monoisotopic (exact) mass is 366 g/mol. The first kappa shape index (κ1) is 21.0. The number of hydrogen-bond donors (Lipinski definition) is 1. The van der Waals surface area contributed by atoms with E-state index in [0.29, 0.717) is 0 Å². The fraction of sp³-hybridized carbons (Fsp3) is 0.417. The van der Waals surface area contributed by atoms with Crippen LogP contribution in [0.2, 0.25) is 0 Å². The van der Waals surface area contributed by atoms with Gasteiger partial charge in [-0.25, -0.2) is 0 Å². The number of fused-ring (bicyclic) bond motifs is 1. The van der Waals surface area contributed by atoms with Gasteiger partial charge in [0.25, 0.3) is 0 Å². The van der Waals surface area contributed by atoms with Crippen molar-refractivity contribution in [2.75, 3.05) is 18.5 Å². The van der Waals surface area contributed by atoms with Crippen LogP contribution in [0.15, 0.2) is 60.8 Å². The zero-order chi connectivity index (χ0) is 19.5. The van der Waals surface area contributed by atoms with Crippen molar-refractivity contribution in [3.8, 4) is 0 Å². The number of ether oxygens (including phenoxy) is 1. The maximum Gasteiger partial charge on any atom is 0.0587 e. The smallest absolute Gasteiger partial charge is 0.0587 e. The fourth-order valence-corrected chi connectivity index (χ4v) is 3.25. The van der Waals surface area contributed by atoms with Gasteiger partial charge in [-0.1, -0.05) is 44.2 Å². The molecule has 0 aliphatic carbocycles. The predicted octanol–water partition coefficient (Wildman–Crippen LogP) is 6.14. The van der Waals surface area contributed by atoms with Crippen molar-refractivity contribution in [1.82, 2.24) is 4.57 Å². The Morgan fingerprint density at radius 2 is 1.74 bits per heavy atom. The van der Waals surface area contributed by atoms with E-state index in [1.54, 1.807) is 0 Å². The highest BCUT2D eigenvalue weighted by Gasteiger charge is 2.03. The van der Waals surface area contributed by atoms with E-state index in [1.807, 2.05) is 20.8 Å². The van der Waals surface area contributed by atoms with Crippen molar-refractivity contribution >= 4 is 16.6 Å². The van der Waals surface area contributed by atoms with Crippen LogP contribution in [-0.2, 0) is 17.7 Å². The summed E-state index contributed by atoms with van der Waals surface area (Å²) in [4.78, 5) is 0. The zero-order valence-electron chi connectivity index (χ0n) is 17.2. The van der Waals surface area contributed by atoms with E-state index in [0.717, 1.165) is 32.5 Å². The summed E-state index contributed by atoms with van der Waals surface area (Å²) in [5.74, 6) is 0. The summed E-state index contributed by atoms with van der Waals surface area (Å²) in [6.45, 7) is 10.9. The van der Waals surface area contributed by atoms with Gasteiger partial charge >= 0.3 is 0 Å². The highest BCUT2D eigenvalue weighted by molar-refractivity contribution is 5.79. The van der Waals surface area contributed by atoms with Crippen LogP contribution < -0.4 is 5.32 Å². The van der Waals surface area contributed by atoms with Gasteiger partial charge in [-0.3, -0.25) is 0 Å². The summed E-state index contributed by atoms with van der Waals surface area (Å²) in [6, 6.07) is 19.4. The number of nitrogens with zero attached hydrogens (tertiary/aromatic N) is 1. The minimum absolute atomic E-state index is 0.278. The second-order valence-electron chi connectivity index (χ2n) is 6.52. The normalized spacial score (nSPS) is 11.7. The highest BCUT2D eigenvalue weighted by atomic mass is 16.5. The number of rotatable bonds is 9. The number of anilines is 1. The van der Waals surface area contributed by atoms with Gasteiger partial charge < -0.3 is 14.6 Å². The molecular formula is C24H34N2O. The summed E-state index contributed by atoms with van der Waals surface area (Å²) in [7, 11) is 0. The molecule has 3 nitrogen and oxygen atoms in total. The molecule has 1 unspecified atom stereocenters. The molecule has 0 bridgehead atoms. The standard InChI is InChI=1S/C22H28N2O.C2H6/c1-3-25-18(2)17-19-9-11-21(12-10-19)23-14-6-15-24-16-13-20-7-4-5-8-22(20)24;1-2/h4-5,7-13,16,18,23H,3,6,14-15,17H2,1-2H3;1-2H3. The molecule has 3 heteroatoms. The summed E-state index contributed by atoms with van der Waals surface area (Å²) >= 11 is 0. The Hall–Kier alpha value is -2.26. The van der Waals surface area contributed by atoms with E-state index in [2.05, 4.69) is 77.6 Å². The Morgan fingerprint density at radius 3 is 2.48 bits per heavy atom. The second-order valence-corrected chi connectivity index (χ2v) is 6.52. The van der Waals surface area contributed by atoms with Gasteiger partial charge in [0.15, 0.2) is 0 Å². The molecule has 0 aliphatic heterocycles. The summed E-state index contributed by atoms with van der Waals surface area (Å²) < 4.78 is 7.93. The van der Waals surface area contributed by atoms with Crippen molar-refractivity contribution in [2.45, 2.75) is 53.2 Å². The van der Waals surface area contributed by atoms with Gasteiger partial charge in [0, 0.05) is 37.1 Å². The van der Waals surface area contributed by atoms with Crippen LogP contribution in [-0.4, -0.2) is 23.8 Å². The van der Waals surface area contributed by atoms with Crippen LogP contribution in [0.3, 0.4) is 0 Å². The second kappa shape index (κ2) is 11.5. The third-order valence-corrected chi connectivity index (χ3v) is 4.51. The first-order valence-electron chi connectivity index (χ1n) is 10.2. The Bertz CT molecular complexity index is 776. The molecule has 0 fully saturated rings. The van der Waals surface area contributed by atoms with E-state index >= 15 is 0 Å². The van der Waals surface area contributed by atoms with Crippen LogP contribution in [0, 0.1) is 0 Å². The van der Waals surface area contributed by atoms with Crippen molar-refractivity contribution in [1.29, 1.82) is 0 Å². The average Bonchev–Trinajstić information content (AvgIpc) is 3.11. The molecular weight excluding hydrogens is 332 g/mol. The van der Waals surface area contributed by atoms with Crippen LogP contribution in [0.25, 0.3) is 10.9 Å². The molecule has 2 aromatic carbocycles. The maximum absolute atomic E-state index is 5.60. The summed E-state index contributed by atoms with van der Waals surface area (Å²) in [6.07, 6.45) is 4.52. The van der Waals surface area contributed by atoms with Gasteiger partial charge in [0.2, 0.25) is 0 Å². The zero-order valence-corrected chi connectivity index (χ0v) is 17.2. The Morgan fingerprint density at radius 1 is 1.00 bits per heavy atom. The van der Waals surface area contributed by atoms with Gasteiger partial charge in [-0.2, -0.15) is 0 Å². The molecule has 1 aromatic heterocycles. The molecule has 3 rings (SSSR count). The molecule has 0 spiro atoms. The summed E-state index contributed by atoms with van der Waals surface area (Å²) in [5, 5.41) is 4.83. The van der Waals surface area contributed by atoms with Crippen molar-refractivity contribution in [3.63, 3.8) is 0 Å². The fourth-order valence-electron chi connectivity index (χ4n) is 3.25. The molecule has 0 amide bonds. The number of nitrogens with one attached hydrogen (secondary N) is 1. The molecule has 1 heterocycles. The molecule has 0 radical (unpaired) electrons.